The van der Waals surface area contributed by atoms with E-state index in [4.69, 9.17) is 0 Å². The molecule has 1 aromatic heterocycles. The predicted molar refractivity (Wildman–Crippen MR) is 86.7 cm³/mol. The van der Waals surface area contributed by atoms with E-state index in [-0.39, 0.29) is 22.6 Å². The number of aryl methyl sites for hydroxylation is 1. The molecule has 0 unspecified atom stereocenters. The van der Waals surface area contributed by atoms with Gasteiger partial charge in [-0.15, -0.1) is 11.3 Å². The number of ether oxygens (including phenoxy) is 1. The molecule has 6 nitrogen and oxygen atoms in total. The first-order valence-electron chi connectivity index (χ1n) is 7.68. The Balaban J connectivity index is 1.89. The number of hydrogen-bond acceptors (Lipinski definition) is 5. The van der Waals surface area contributed by atoms with Crippen molar-refractivity contribution in [2.45, 2.75) is 32.4 Å². The molecule has 2 N–H and O–H groups in total. The number of likely N-dealkylation sites (N-methyl/N-ethyl adjacent to an activating group) is 1. The van der Waals surface area contributed by atoms with Crippen molar-refractivity contribution in [1.29, 1.82) is 0 Å². The monoisotopic (exact) mass is 361 g/mol. The van der Waals surface area contributed by atoms with E-state index in [1.807, 2.05) is 4.90 Å². The minimum absolute atomic E-state index is 0.0414. The van der Waals surface area contributed by atoms with Crippen LogP contribution in [0.2, 0.25) is 0 Å². The molecule has 2 heterocycles. The molecular weight excluding hydrogens is 340 g/mol. The maximum Gasteiger partial charge on any atom is 0.387 e. The summed E-state index contributed by atoms with van der Waals surface area (Å²) in [6.07, 6.45) is 1.41. The molecule has 0 spiro atoms. The SMILES string of the molecule is CNC(=O)CN1CCC(NC(=O)c2sc(C)cc2OC(F)F)CC1. The van der Waals surface area contributed by atoms with E-state index >= 15 is 0 Å². The van der Waals surface area contributed by atoms with Gasteiger partial charge in [-0.25, -0.2) is 0 Å². The summed E-state index contributed by atoms with van der Waals surface area (Å²) in [5, 5.41) is 5.45. The number of alkyl halides is 2. The molecule has 2 amide bonds. The van der Waals surface area contributed by atoms with Gasteiger partial charge in [-0.1, -0.05) is 0 Å². The second kappa shape index (κ2) is 8.39. The first kappa shape index (κ1) is 18.6. The molecule has 1 fully saturated rings. The summed E-state index contributed by atoms with van der Waals surface area (Å²) in [5.74, 6) is -0.518. The zero-order valence-electron chi connectivity index (χ0n) is 13.6. The number of carbonyl (C=O) groups excluding carboxylic acids is 2. The minimum Gasteiger partial charge on any atom is -0.433 e. The molecule has 1 aliphatic heterocycles. The standard InChI is InChI=1S/C15H21F2N3O3S/c1-9-7-11(23-15(16)17)13(24-9)14(22)19-10-3-5-20(6-4-10)8-12(21)18-2/h7,10,15H,3-6,8H2,1-2H3,(H,18,21)(H,19,22). The van der Waals surface area contributed by atoms with Crippen molar-refractivity contribution >= 4 is 23.2 Å². The van der Waals surface area contributed by atoms with Crippen LogP contribution in [0, 0.1) is 6.92 Å². The third-order valence-corrected chi connectivity index (χ3v) is 4.84. The highest BCUT2D eigenvalue weighted by Gasteiger charge is 2.25. The van der Waals surface area contributed by atoms with E-state index in [0.717, 1.165) is 16.2 Å². The number of thiophene rings is 1. The first-order valence-corrected chi connectivity index (χ1v) is 8.49. The lowest BCUT2D eigenvalue weighted by Gasteiger charge is -2.31. The Morgan fingerprint density at radius 3 is 2.67 bits per heavy atom. The lowest BCUT2D eigenvalue weighted by molar-refractivity contribution is -0.122. The lowest BCUT2D eigenvalue weighted by Crippen LogP contribution is -2.47. The third kappa shape index (κ3) is 5.13. The first-order chi connectivity index (χ1) is 11.4. The smallest absolute Gasteiger partial charge is 0.387 e. The molecule has 2 rings (SSSR count). The van der Waals surface area contributed by atoms with Crippen LogP contribution in [0.1, 0.15) is 27.4 Å². The van der Waals surface area contributed by atoms with Crippen molar-refractivity contribution in [1.82, 2.24) is 15.5 Å². The number of rotatable bonds is 6. The van der Waals surface area contributed by atoms with Crippen molar-refractivity contribution in [2.75, 3.05) is 26.7 Å². The van der Waals surface area contributed by atoms with Crippen molar-refractivity contribution in [2.24, 2.45) is 0 Å². The number of likely N-dealkylation sites (tertiary alicyclic amines) is 1. The number of piperidine rings is 1. The van der Waals surface area contributed by atoms with Gasteiger partial charge in [0.15, 0.2) is 0 Å². The fourth-order valence-corrected chi connectivity index (χ4v) is 3.45. The van der Waals surface area contributed by atoms with Gasteiger partial charge in [0.2, 0.25) is 5.91 Å². The fourth-order valence-electron chi connectivity index (χ4n) is 2.60. The van der Waals surface area contributed by atoms with Crippen LogP contribution in [-0.4, -0.2) is 56.0 Å². The summed E-state index contributed by atoms with van der Waals surface area (Å²) in [4.78, 5) is 26.6. The number of nitrogens with one attached hydrogen (secondary N) is 2. The predicted octanol–water partition coefficient (Wildman–Crippen LogP) is 1.60. The van der Waals surface area contributed by atoms with Gasteiger partial charge in [0.25, 0.3) is 5.91 Å². The highest BCUT2D eigenvalue weighted by molar-refractivity contribution is 7.14. The molecule has 134 valence electrons. The highest BCUT2D eigenvalue weighted by Crippen LogP contribution is 2.30. The van der Waals surface area contributed by atoms with Gasteiger partial charge in [-0.3, -0.25) is 14.5 Å². The average molecular weight is 361 g/mol. The Bertz CT molecular complexity index is 587. The summed E-state index contributed by atoms with van der Waals surface area (Å²) in [6, 6.07) is 1.40. The van der Waals surface area contributed by atoms with E-state index in [1.165, 1.54) is 6.07 Å². The third-order valence-electron chi connectivity index (χ3n) is 3.81. The van der Waals surface area contributed by atoms with Crippen LogP contribution in [-0.2, 0) is 4.79 Å². The average Bonchev–Trinajstić information content (AvgIpc) is 2.89. The molecule has 0 saturated carbocycles. The van der Waals surface area contributed by atoms with Crippen molar-refractivity contribution in [3.05, 3.63) is 15.8 Å². The van der Waals surface area contributed by atoms with E-state index in [0.29, 0.717) is 32.5 Å². The summed E-state index contributed by atoms with van der Waals surface area (Å²) in [7, 11) is 1.59. The van der Waals surface area contributed by atoms with Gasteiger partial charge in [-0.2, -0.15) is 8.78 Å². The largest absolute Gasteiger partial charge is 0.433 e. The van der Waals surface area contributed by atoms with E-state index in [1.54, 1.807) is 14.0 Å². The van der Waals surface area contributed by atoms with Crippen LogP contribution in [0.4, 0.5) is 8.78 Å². The molecule has 0 bridgehead atoms. The van der Waals surface area contributed by atoms with E-state index in [2.05, 4.69) is 15.4 Å². The molecule has 0 aromatic carbocycles. The molecule has 1 aliphatic rings. The second-order valence-corrected chi connectivity index (χ2v) is 6.88. The summed E-state index contributed by atoms with van der Waals surface area (Å²) >= 11 is 1.13. The maximum atomic E-state index is 12.4. The van der Waals surface area contributed by atoms with Crippen molar-refractivity contribution in [3.8, 4) is 5.75 Å². The number of hydrogen-bond donors (Lipinski definition) is 2. The molecule has 1 saturated heterocycles. The van der Waals surface area contributed by atoms with Crippen molar-refractivity contribution in [3.63, 3.8) is 0 Å². The van der Waals surface area contributed by atoms with Gasteiger partial charge in [0.1, 0.15) is 10.6 Å². The Morgan fingerprint density at radius 2 is 2.08 bits per heavy atom. The minimum atomic E-state index is -2.96. The number of halogens is 2. The Morgan fingerprint density at radius 1 is 1.42 bits per heavy atom. The molecule has 1 aromatic rings. The molecular formula is C15H21F2N3O3S. The number of carbonyl (C=O) groups is 2. The van der Waals surface area contributed by atoms with Crippen LogP contribution in [0.3, 0.4) is 0 Å². The second-order valence-electron chi connectivity index (χ2n) is 5.63. The van der Waals surface area contributed by atoms with Gasteiger partial charge >= 0.3 is 6.61 Å². The van der Waals surface area contributed by atoms with Crippen LogP contribution >= 0.6 is 11.3 Å². The lowest BCUT2D eigenvalue weighted by atomic mass is 10.0. The molecule has 0 radical (unpaired) electrons. The number of nitrogens with zero attached hydrogens (tertiary/aromatic N) is 1. The molecule has 0 aliphatic carbocycles. The zero-order valence-corrected chi connectivity index (χ0v) is 14.4. The Hall–Kier alpha value is -1.74. The van der Waals surface area contributed by atoms with Crippen LogP contribution < -0.4 is 15.4 Å². The van der Waals surface area contributed by atoms with Crippen LogP contribution in [0.15, 0.2) is 6.07 Å². The van der Waals surface area contributed by atoms with Gasteiger partial charge < -0.3 is 15.4 Å². The molecule has 0 atom stereocenters. The van der Waals surface area contributed by atoms with E-state index < -0.39 is 12.5 Å². The normalized spacial score (nSPS) is 16.2. The van der Waals surface area contributed by atoms with Gasteiger partial charge in [0, 0.05) is 31.1 Å². The summed E-state index contributed by atoms with van der Waals surface area (Å²) in [5.41, 5.74) is 0. The highest BCUT2D eigenvalue weighted by atomic mass is 32.1. The summed E-state index contributed by atoms with van der Waals surface area (Å²) < 4.78 is 29.3. The van der Waals surface area contributed by atoms with Crippen LogP contribution in [0.25, 0.3) is 0 Å². The Labute approximate surface area is 143 Å². The topological polar surface area (TPSA) is 70.7 Å². The van der Waals surface area contributed by atoms with Gasteiger partial charge in [-0.05, 0) is 25.8 Å². The number of amides is 2. The van der Waals surface area contributed by atoms with E-state index in [9.17, 15) is 18.4 Å². The van der Waals surface area contributed by atoms with Crippen LogP contribution in [0.5, 0.6) is 5.75 Å². The van der Waals surface area contributed by atoms with Gasteiger partial charge in [0.05, 0.1) is 6.54 Å². The zero-order chi connectivity index (χ0) is 17.7. The Kier molecular flexibility index (Phi) is 6.50. The molecule has 24 heavy (non-hydrogen) atoms. The molecule has 9 heteroatoms. The fraction of sp³-hybridized carbons (Fsp3) is 0.600. The summed E-state index contributed by atoms with van der Waals surface area (Å²) in [6.45, 7) is 0.508. The quantitative estimate of drug-likeness (QED) is 0.807. The maximum absolute atomic E-state index is 12.4. The van der Waals surface area contributed by atoms with Crippen molar-refractivity contribution < 1.29 is 23.1 Å².